The van der Waals surface area contributed by atoms with E-state index in [4.69, 9.17) is 0 Å². The molecule has 0 amide bonds. The lowest BCUT2D eigenvalue weighted by molar-refractivity contribution is 0.0756. The van der Waals surface area contributed by atoms with Gasteiger partial charge in [-0.1, -0.05) is 64.7 Å². The molecular formula is C21H40O3. The van der Waals surface area contributed by atoms with Crippen LogP contribution < -0.4 is 0 Å². The average molecular weight is 341 g/mol. The summed E-state index contributed by atoms with van der Waals surface area (Å²) in [6.07, 6.45) is 14.7. The molecule has 3 heteroatoms. The second-order valence-corrected chi connectivity index (χ2v) is 8.52. The first-order chi connectivity index (χ1) is 11.6. The van der Waals surface area contributed by atoms with Crippen LogP contribution in [0.1, 0.15) is 96.8 Å². The van der Waals surface area contributed by atoms with E-state index in [1.54, 1.807) is 0 Å². The number of hydrogen-bond donors (Lipinski definition) is 3. The van der Waals surface area contributed by atoms with Crippen LogP contribution in [0.5, 0.6) is 0 Å². The Morgan fingerprint density at radius 1 is 0.875 bits per heavy atom. The Balaban J connectivity index is 1.71. The van der Waals surface area contributed by atoms with E-state index in [2.05, 4.69) is 6.92 Å². The van der Waals surface area contributed by atoms with Gasteiger partial charge in [-0.3, -0.25) is 0 Å². The van der Waals surface area contributed by atoms with Crippen LogP contribution in [0.4, 0.5) is 0 Å². The SMILES string of the molecule is CCCCCCC[C@@H]1[C@@H](CCC(O)CC2CCCC2)[C@H](O)C[C@@H]1O. The van der Waals surface area contributed by atoms with Gasteiger partial charge in [0.05, 0.1) is 18.3 Å². The van der Waals surface area contributed by atoms with E-state index in [9.17, 15) is 15.3 Å². The number of aliphatic hydroxyl groups is 3. The molecule has 1 unspecified atom stereocenters. The summed E-state index contributed by atoms with van der Waals surface area (Å²) in [4.78, 5) is 0. The Bertz CT molecular complexity index is 327. The summed E-state index contributed by atoms with van der Waals surface area (Å²) in [5.74, 6) is 1.14. The molecule has 24 heavy (non-hydrogen) atoms. The van der Waals surface area contributed by atoms with Crippen molar-refractivity contribution in [2.45, 2.75) is 115 Å². The molecule has 142 valence electrons. The first-order valence-electron chi connectivity index (χ1n) is 10.7. The van der Waals surface area contributed by atoms with Gasteiger partial charge in [0.25, 0.3) is 0 Å². The molecule has 3 nitrogen and oxygen atoms in total. The smallest absolute Gasteiger partial charge is 0.0596 e. The van der Waals surface area contributed by atoms with Gasteiger partial charge < -0.3 is 15.3 Å². The average Bonchev–Trinajstić information content (AvgIpc) is 3.14. The van der Waals surface area contributed by atoms with Gasteiger partial charge in [0.2, 0.25) is 0 Å². The lowest BCUT2D eigenvalue weighted by Gasteiger charge is -2.25. The van der Waals surface area contributed by atoms with Crippen molar-refractivity contribution in [3.63, 3.8) is 0 Å². The standard InChI is InChI=1S/C21H40O3/c1-2-3-4-5-6-11-18-19(21(24)15-20(18)23)13-12-17(22)14-16-9-7-8-10-16/h16-24H,2-15H2,1H3/t17?,18-,19-,20+,21-/m1/s1. The third-order valence-electron chi connectivity index (χ3n) is 6.58. The van der Waals surface area contributed by atoms with E-state index in [1.807, 2.05) is 0 Å². The number of aliphatic hydroxyl groups excluding tert-OH is 3. The molecule has 0 spiro atoms. The zero-order chi connectivity index (χ0) is 17.4. The largest absolute Gasteiger partial charge is 0.393 e. The molecule has 0 aromatic carbocycles. The monoisotopic (exact) mass is 340 g/mol. The number of hydrogen-bond acceptors (Lipinski definition) is 3. The molecule has 3 N–H and O–H groups in total. The highest BCUT2D eigenvalue weighted by atomic mass is 16.3. The minimum atomic E-state index is -0.376. The molecule has 0 aliphatic heterocycles. The van der Waals surface area contributed by atoms with Gasteiger partial charge in [0.15, 0.2) is 0 Å². The fourth-order valence-corrected chi connectivity index (χ4v) is 5.10. The Hall–Kier alpha value is -0.120. The van der Waals surface area contributed by atoms with Gasteiger partial charge in [-0.2, -0.15) is 0 Å². The third kappa shape index (κ3) is 6.31. The Kier molecular flexibility index (Phi) is 9.07. The highest BCUT2D eigenvalue weighted by Crippen LogP contribution is 2.39. The second kappa shape index (κ2) is 10.8. The van der Waals surface area contributed by atoms with Crippen molar-refractivity contribution in [1.29, 1.82) is 0 Å². The second-order valence-electron chi connectivity index (χ2n) is 8.52. The minimum absolute atomic E-state index is 0.185. The van der Waals surface area contributed by atoms with E-state index < -0.39 is 0 Å². The number of unbranched alkanes of at least 4 members (excludes halogenated alkanes) is 4. The molecule has 2 rings (SSSR count). The predicted molar refractivity (Wildman–Crippen MR) is 98.8 cm³/mol. The lowest BCUT2D eigenvalue weighted by Crippen LogP contribution is -2.24. The van der Waals surface area contributed by atoms with E-state index in [0.717, 1.165) is 32.1 Å². The molecule has 0 bridgehead atoms. The van der Waals surface area contributed by atoms with E-state index >= 15 is 0 Å². The maximum Gasteiger partial charge on any atom is 0.0596 e. The fourth-order valence-electron chi connectivity index (χ4n) is 5.10. The molecule has 0 aromatic rings. The molecule has 2 aliphatic carbocycles. The Morgan fingerprint density at radius 3 is 2.17 bits per heavy atom. The van der Waals surface area contributed by atoms with Gasteiger partial charge >= 0.3 is 0 Å². The van der Waals surface area contributed by atoms with Crippen LogP contribution in [-0.4, -0.2) is 33.6 Å². The first-order valence-corrected chi connectivity index (χ1v) is 10.7. The van der Waals surface area contributed by atoms with Gasteiger partial charge in [0.1, 0.15) is 0 Å². The fraction of sp³-hybridized carbons (Fsp3) is 1.00. The Morgan fingerprint density at radius 2 is 1.50 bits per heavy atom. The van der Waals surface area contributed by atoms with Crippen LogP contribution in [0.2, 0.25) is 0 Å². The van der Waals surface area contributed by atoms with Crippen LogP contribution in [0, 0.1) is 17.8 Å². The van der Waals surface area contributed by atoms with Gasteiger partial charge in [0, 0.05) is 0 Å². The summed E-state index contributed by atoms with van der Waals surface area (Å²) < 4.78 is 0. The minimum Gasteiger partial charge on any atom is -0.393 e. The maximum absolute atomic E-state index is 10.3. The van der Waals surface area contributed by atoms with Crippen molar-refractivity contribution in [3.8, 4) is 0 Å². The molecule has 0 radical (unpaired) electrons. The van der Waals surface area contributed by atoms with Crippen molar-refractivity contribution in [2.24, 2.45) is 17.8 Å². The van der Waals surface area contributed by atoms with Crippen molar-refractivity contribution in [2.75, 3.05) is 0 Å². The van der Waals surface area contributed by atoms with Crippen LogP contribution in [0.25, 0.3) is 0 Å². The molecule has 0 heterocycles. The van der Waals surface area contributed by atoms with Crippen LogP contribution in [-0.2, 0) is 0 Å². The third-order valence-corrected chi connectivity index (χ3v) is 6.58. The van der Waals surface area contributed by atoms with E-state index in [0.29, 0.717) is 12.3 Å². The van der Waals surface area contributed by atoms with Crippen LogP contribution in [0.3, 0.4) is 0 Å². The molecule has 0 saturated heterocycles. The van der Waals surface area contributed by atoms with Gasteiger partial charge in [-0.25, -0.2) is 0 Å². The molecule has 0 aromatic heterocycles. The van der Waals surface area contributed by atoms with Gasteiger partial charge in [-0.15, -0.1) is 0 Å². The summed E-state index contributed by atoms with van der Waals surface area (Å²) in [5.41, 5.74) is 0. The van der Waals surface area contributed by atoms with Crippen LogP contribution >= 0.6 is 0 Å². The summed E-state index contributed by atoms with van der Waals surface area (Å²) in [6.45, 7) is 2.23. The molecule has 5 atom stereocenters. The summed E-state index contributed by atoms with van der Waals surface area (Å²) in [7, 11) is 0. The number of rotatable bonds is 11. The topological polar surface area (TPSA) is 60.7 Å². The zero-order valence-electron chi connectivity index (χ0n) is 15.7. The highest BCUT2D eigenvalue weighted by molar-refractivity contribution is 4.91. The Labute approximate surface area is 148 Å². The summed E-state index contributed by atoms with van der Waals surface area (Å²) in [5, 5.41) is 31.0. The molecular weight excluding hydrogens is 300 g/mol. The summed E-state index contributed by atoms with van der Waals surface area (Å²) in [6, 6.07) is 0. The first kappa shape index (κ1) is 20.2. The molecule has 2 saturated carbocycles. The quantitative estimate of drug-likeness (QED) is 0.488. The normalized spacial score (nSPS) is 32.5. The van der Waals surface area contributed by atoms with Crippen molar-refractivity contribution >= 4 is 0 Å². The van der Waals surface area contributed by atoms with Crippen molar-refractivity contribution in [3.05, 3.63) is 0 Å². The summed E-state index contributed by atoms with van der Waals surface area (Å²) >= 11 is 0. The van der Waals surface area contributed by atoms with Crippen molar-refractivity contribution < 1.29 is 15.3 Å². The molecule has 2 aliphatic rings. The molecule has 2 fully saturated rings. The van der Waals surface area contributed by atoms with E-state index in [1.165, 1.54) is 51.4 Å². The van der Waals surface area contributed by atoms with Gasteiger partial charge in [-0.05, 0) is 49.9 Å². The highest BCUT2D eigenvalue weighted by Gasteiger charge is 2.40. The lowest BCUT2D eigenvalue weighted by atomic mass is 9.84. The zero-order valence-corrected chi connectivity index (χ0v) is 15.7. The van der Waals surface area contributed by atoms with E-state index in [-0.39, 0.29) is 30.1 Å². The predicted octanol–water partition coefficient (Wildman–Crippen LogP) is 4.43. The maximum atomic E-state index is 10.3. The van der Waals surface area contributed by atoms with Crippen LogP contribution in [0.15, 0.2) is 0 Å². The van der Waals surface area contributed by atoms with Crippen molar-refractivity contribution in [1.82, 2.24) is 0 Å².